The Kier molecular flexibility index (Phi) is 10.3. The molecule has 10 heteroatoms. The lowest BCUT2D eigenvalue weighted by Crippen LogP contribution is -2.39. The van der Waals surface area contributed by atoms with Crippen molar-refractivity contribution in [3.8, 4) is 0 Å². The highest BCUT2D eigenvalue weighted by Crippen LogP contribution is 2.30. The number of Topliss-reactive ketones (excluding diaryl/α,β-unsaturated/α-hetero) is 1. The number of thioether (sulfide) groups is 1. The summed E-state index contributed by atoms with van der Waals surface area (Å²) in [6.07, 6.45) is 3.86. The topological polar surface area (TPSA) is 87.2 Å². The predicted octanol–water partition coefficient (Wildman–Crippen LogP) is 7.12. The largest absolute Gasteiger partial charge is 0.362 e. The summed E-state index contributed by atoms with van der Waals surface area (Å²) in [5.41, 5.74) is 1.31. The number of carbonyl (C=O) groups excluding carboxylic acids is 2. The molecule has 1 aromatic heterocycles. The number of benzene rings is 3. The number of nitrogens with zero attached hydrogens (tertiary/aromatic N) is 3. The van der Waals surface area contributed by atoms with Gasteiger partial charge in [-0.2, -0.15) is 4.98 Å². The number of nitrogens with one attached hydrogen (secondary N) is 2. The van der Waals surface area contributed by atoms with Crippen molar-refractivity contribution in [3.63, 3.8) is 0 Å². The van der Waals surface area contributed by atoms with E-state index in [1.165, 1.54) is 36.0 Å². The van der Waals surface area contributed by atoms with Gasteiger partial charge in [0, 0.05) is 53.4 Å². The summed E-state index contributed by atoms with van der Waals surface area (Å²) in [7, 11) is 3.97. The standard InChI is InChI=1S/C33H35BrFN5O2S/c1-40(2)31-27-5-3-4-6-28(27)38-33(39-31)37-25-15-7-21(8-16-25)20-36-32(42)30(43-26-17-11-23(34)12-18-26)19-29(41)22-9-13-24(35)14-10-22/h3-6,9-14,17-18,21,25,30H,7-8,15-16,19-20H2,1-2H3,(H,36,42)(H,37,38,39)/t21-,25+,30?. The molecule has 5 rings (SSSR count). The maximum Gasteiger partial charge on any atom is 0.233 e. The molecule has 1 unspecified atom stereocenters. The predicted molar refractivity (Wildman–Crippen MR) is 175 cm³/mol. The van der Waals surface area contributed by atoms with E-state index in [4.69, 9.17) is 9.97 Å². The summed E-state index contributed by atoms with van der Waals surface area (Å²) in [6.45, 7) is 0.560. The van der Waals surface area contributed by atoms with E-state index < -0.39 is 11.1 Å². The van der Waals surface area contributed by atoms with Crippen molar-refractivity contribution >= 4 is 62.1 Å². The van der Waals surface area contributed by atoms with Gasteiger partial charge >= 0.3 is 0 Å². The van der Waals surface area contributed by atoms with Gasteiger partial charge in [0.25, 0.3) is 0 Å². The van der Waals surface area contributed by atoms with Crippen LogP contribution in [0.2, 0.25) is 0 Å². The summed E-state index contributed by atoms with van der Waals surface area (Å²) < 4.78 is 14.3. The van der Waals surface area contributed by atoms with E-state index in [0.29, 0.717) is 24.0 Å². The van der Waals surface area contributed by atoms with E-state index in [1.807, 2.05) is 67.5 Å². The highest BCUT2D eigenvalue weighted by atomic mass is 79.9. The van der Waals surface area contributed by atoms with E-state index in [1.54, 1.807) is 0 Å². The van der Waals surface area contributed by atoms with Crippen LogP contribution in [0, 0.1) is 11.7 Å². The Balaban J connectivity index is 1.17. The Labute approximate surface area is 264 Å². The van der Waals surface area contributed by atoms with Gasteiger partial charge in [-0.15, -0.1) is 11.8 Å². The summed E-state index contributed by atoms with van der Waals surface area (Å²) in [6, 6.07) is 21.4. The number of ketones is 1. The molecular weight excluding hydrogens is 629 g/mol. The number of hydrogen-bond acceptors (Lipinski definition) is 7. The average Bonchev–Trinajstić information content (AvgIpc) is 3.01. The molecule has 0 bridgehead atoms. The second-order valence-electron chi connectivity index (χ2n) is 11.1. The van der Waals surface area contributed by atoms with Crippen molar-refractivity contribution in [3.05, 3.63) is 88.6 Å². The third-order valence-electron chi connectivity index (χ3n) is 7.67. The molecule has 4 aromatic rings. The molecule has 2 N–H and O–H groups in total. The molecule has 1 amide bonds. The van der Waals surface area contributed by atoms with Crippen LogP contribution in [0.1, 0.15) is 42.5 Å². The molecule has 1 aliphatic carbocycles. The molecule has 0 aliphatic heterocycles. The number of anilines is 2. The summed E-state index contributed by atoms with van der Waals surface area (Å²) in [4.78, 5) is 38.8. The normalized spacial score (nSPS) is 17.3. The van der Waals surface area contributed by atoms with Gasteiger partial charge in [0.15, 0.2) is 5.78 Å². The Bertz CT molecular complexity index is 1560. The number of fused-ring (bicyclic) bond motifs is 1. The van der Waals surface area contributed by atoms with Crippen LogP contribution in [-0.4, -0.2) is 53.6 Å². The molecule has 3 aromatic carbocycles. The van der Waals surface area contributed by atoms with Crippen molar-refractivity contribution in [2.75, 3.05) is 30.9 Å². The van der Waals surface area contributed by atoms with Crippen LogP contribution in [0.5, 0.6) is 0 Å². The van der Waals surface area contributed by atoms with Crippen LogP contribution in [-0.2, 0) is 4.79 Å². The van der Waals surface area contributed by atoms with Crippen molar-refractivity contribution in [2.45, 2.75) is 48.3 Å². The fourth-order valence-corrected chi connectivity index (χ4v) is 6.62. The summed E-state index contributed by atoms with van der Waals surface area (Å²) in [5, 5.41) is 7.08. The first kappa shape index (κ1) is 30.9. The second kappa shape index (κ2) is 14.3. The lowest BCUT2D eigenvalue weighted by molar-refractivity contribution is -0.120. The Hall–Kier alpha value is -3.50. The zero-order valence-electron chi connectivity index (χ0n) is 24.2. The van der Waals surface area contributed by atoms with Crippen LogP contribution in [0.15, 0.2) is 82.2 Å². The monoisotopic (exact) mass is 663 g/mol. The maximum absolute atomic E-state index is 13.4. The minimum absolute atomic E-state index is 0.0234. The smallest absolute Gasteiger partial charge is 0.233 e. The van der Waals surface area contributed by atoms with Gasteiger partial charge in [-0.25, -0.2) is 9.37 Å². The van der Waals surface area contributed by atoms with Gasteiger partial charge in [-0.3, -0.25) is 9.59 Å². The molecule has 1 atom stereocenters. The van der Waals surface area contributed by atoms with Crippen molar-refractivity contribution in [1.82, 2.24) is 15.3 Å². The Morgan fingerprint density at radius 1 is 0.977 bits per heavy atom. The van der Waals surface area contributed by atoms with E-state index in [9.17, 15) is 14.0 Å². The molecule has 7 nitrogen and oxygen atoms in total. The molecule has 1 aliphatic rings. The number of carbonyl (C=O) groups is 2. The highest BCUT2D eigenvalue weighted by Gasteiger charge is 2.27. The molecule has 0 radical (unpaired) electrons. The van der Waals surface area contributed by atoms with Crippen molar-refractivity contribution in [1.29, 1.82) is 0 Å². The number of aromatic nitrogens is 2. The third-order valence-corrected chi connectivity index (χ3v) is 9.41. The number of hydrogen-bond donors (Lipinski definition) is 2. The fraction of sp³-hybridized carbons (Fsp3) is 0.333. The quantitative estimate of drug-likeness (QED) is 0.131. The van der Waals surface area contributed by atoms with Gasteiger partial charge in [-0.05, 0) is 92.3 Å². The molecule has 1 saturated carbocycles. The maximum atomic E-state index is 13.4. The second-order valence-corrected chi connectivity index (χ2v) is 13.3. The highest BCUT2D eigenvalue weighted by molar-refractivity contribution is 9.10. The minimum Gasteiger partial charge on any atom is -0.362 e. The number of para-hydroxylation sites is 1. The van der Waals surface area contributed by atoms with Crippen LogP contribution in [0.3, 0.4) is 0 Å². The van der Waals surface area contributed by atoms with Gasteiger partial charge in [0.1, 0.15) is 11.6 Å². The van der Waals surface area contributed by atoms with Crippen molar-refractivity contribution in [2.24, 2.45) is 5.92 Å². The number of amides is 1. The van der Waals surface area contributed by atoms with E-state index in [0.717, 1.165) is 51.8 Å². The first-order valence-electron chi connectivity index (χ1n) is 14.4. The molecule has 43 heavy (non-hydrogen) atoms. The van der Waals surface area contributed by atoms with Crippen LogP contribution in [0.25, 0.3) is 10.9 Å². The summed E-state index contributed by atoms with van der Waals surface area (Å²) in [5.74, 6) is 1.12. The zero-order chi connectivity index (χ0) is 30.3. The van der Waals surface area contributed by atoms with Crippen LogP contribution < -0.4 is 15.5 Å². The van der Waals surface area contributed by atoms with E-state index in [-0.39, 0.29) is 24.2 Å². The van der Waals surface area contributed by atoms with E-state index >= 15 is 0 Å². The summed E-state index contributed by atoms with van der Waals surface area (Å²) >= 11 is 4.81. The van der Waals surface area contributed by atoms with Gasteiger partial charge < -0.3 is 15.5 Å². The molecular formula is C33H35BrFN5O2S. The van der Waals surface area contributed by atoms with Gasteiger partial charge in [-0.1, -0.05) is 28.1 Å². The first-order chi connectivity index (χ1) is 20.7. The molecule has 0 spiro atoms. The van der Waals surface area contributed by atoms with Gasteiger partial charge in [0.05, 0.1) is 10.8 Å². The lowest BCUT2D eigenvalue weighted by Gasteiger charge is -2.30. The van der Waals surface area contributed by atoms with Crippen LogP contribution in [0.4, 0.5) is 16.2 Å². The number of rotatable bonds is 11. The SMILES string of the molecule is CN(C)c1nc(N[C@H]2CC[C@@H](CNC(=O)C(CC(=O)c3ccc(F)cc3)Sc3ccc(Br)cc3)CC2)nc2ccccc12. The van der Waals surface area contributed by atoms with E-state index in [2.05, 4.69) is 26.6 Å². The van der Waals surface area contributed by atoms with Crippen molar-refractivity contribution < 1.29 is 14.0 Å². The Morgan fingerprint density at radius 2 is 1.67 bits per heavy atom. The zero-order valence-corrected chi connectivity index (χ0v) is 26.6. The minimum atomic E-state index is -0.604. The molecule has 1 fully saturated rings. The van der Waals surface area contributed by atoms with Gasteiger partial charge in [0.2, 0.25) is 11.9 Å². The van der Waals surface area contributed by atoms with Crippen LogP contribution >= 0.6 is 27.7 Å². The molecule has 1 heterocycles. The average molecular weight is 665 g/mol. The third kappa shape index (κ3) is 8.32. The molecule has 0 saturated heterocycles. The number of halogens is 2. The Morgan fingerprint density at radius 3 is 2.37 bits per heavy atom. The lowest BCUT2D eigenvalue weighted by atomic mass is 9.86. The molecule has 224 valence electrons. The fourth-order valence-electron chi connectivity index (χ4n) is 5.30. The first-order valence-corrected chi connectivity index (χ1v) is 16.1.